The van der Waals surface area contributed by atoms with E-state index in [0.29, 0.717) is 18.5 Å². The number of likely N-dealkylation sites (tertiary alicyclic amines) is 1. The lowest BCUT2D eigenvalue weighted by Crippen LogP contribution is -2.34. The lowest BCUT2D eigenvalue weighted by atomic mass is 10.0. The highest BCUT2D eigenvalue weighted by molar-refractivity contribution is 5.94. The maximum Gasteiger partial charge on any atom is 0.251 e. The van der Waals surface area contributed by atoms with Crippen molar-refractivity contribution in [3.8, 4) is 0 Å². The second-order valence-electron chi connectivity index (χ2n) is 6.53. The number of nitrogens with zero attached hydrogens (tertiary/aromatic N) is 1. The zero-order chi connectivity index (χ0) is 17.6. The summed E-state index contributed by atoms with van der Waals surface area (Å²) in [6.07, 6.45) is 2.37. The molecule has 0 bridgehead atoms. The summed E-state index contributed by atoms with van der Waals surface area (Å²) in [4.78, 5) is 26.7. The van der Waals surface area contributed by atoms with Crippen LogP contribution in [0.3, 0.4) is 0 Å². The van der Waals surface area contributed by atoms with Crippen molar-refractivity contribution in [2.45, 2.75) is 32.2 Å². The molecule has 25 heavy (non-hydrogen) atoms. The monoisotopic (exact) mass is 336 g/mol. The Morgan fingerprint density at radius 3 is 2.68 bits per heavy atom. The van der Waals surface area contributed by atoms with Crippen molar-refractivity contribution in [1.82, 2.24) is 10.2 Å². The first-order chi connectivity index (χ1) is 12.1. The molecule has 0 spiro atoms. The van der Waals surface area contributed by atoms with Crippen LogP contribution in [0, 0.1) is 6.92 Å². The van der Waals surface area contributed by atoms with Gasteiger partial charge in [-0.25, -0.2) is 0 Å². The molecule has 0 radical (unpaired) electrons. The molecule has 1 aliphatic rings. The van der Waals surface area contributed by atoms with Gasteiger partial charge < -0.3 is 10.2 Å². The van der Waals surface area contributed by atoms with E-state index in [2.05, 4.69) is 17.4 Å². The number of benzene rings is 2. The summed E-state index contributed by atoms with van der Waals surface area (Å²) >= 11 is 0. The van der Waals surface area contributed by atoms with Gasteiger partial charge in [0.05, 0.1) is 6.04 Å². The molecule has 0 saturated carbocycles. The fraction of sp³-hybridized carbons (Fsp3) is 0.333. The average Bonchev–Trinajstić information content (AvgIpc) is 3.12. The van der Waals surface area contributed by atoms with Crippen LogP contribution in [0.15, 0.2) is 54.6 Å². The largest absolute Gasteiger partial charge is 0.352 e. The zero-order valence-electron chi connectivity index (χ0n) is 14.6. The highest BCUT2D eigenvalue weighted by atomic mass is 16.2. The van der Waals surface area contributed by atoms with E-state index in [1.807, 2.05) is 48.2 Å². The molecule has 130 valence electrons. The summed E-state index contributed by atoms with van der Waals surface area (Å²) in [6.45, 7) is 3.12. The molecule has 1 heterocycles. The minimum absolute atomic E-state index is 0.107. The fourth-order valence-corrected chi connectivity index (χ4v) is 3.40. The minimum Gasteiger partial charge on any atom is -0.352 e. The zero-order valence-corrected chi connectivity index (χ0v) is 14.6. The molecule has 0 aromatic heterocycles. The third-order valence-corrected chi connectivity index (χ3v) is 4.66. The molecular formula is C21H24N2O2. The van der Waals surface area contributed by atoms with Gasteiger partial charge in [-0.05, 0) is 37.5 Å². The molecule has 0 aliphatic carbocycles. The number of carbonyl (C=O) groups excluding carboxylic acids is 2. The summed E-state index contributed by atoms with van der Waals surface area (Å²) in [5.41, 5.74) is 2.87. The molecule has 1 fully saturated rings. The van der Waals surface area contributed by atoms with Gasteiger partial charge in [0.2, 0.25) is 5.91 Å². The molecule has 0 unspecified atom stereocenters. The van der Waals surface area contributed by atoms with Gasteiger partial charge in [-0.3, -0.25) is 9.59 Å². The Labute approximate surface area is 148 Å². The molecule has 2 amide bonds. The van der Waals surface area contributed by atoms with Crippen LogP contribution in [0.25, 0.3) is 0 Å². The summed E-state index contributed by atoms with van der Waals surface area (Å²) in [7, 11) is 0. The first kappa shape index (κ1) is 17.2. The lowest BCUT2D eigenvalue weighted by Gasteiger charge is -2.25. The van der Waals surface area contributed by atoms with Crippen molar-refractivity contribution >= 4 is 11.8 Å². The Hall–Kier alpha value is -2.62. The van der Waals surface area contributed by atoms with Crippen molar-refractivity contribution < 1.29 is 9.59 Å². The number of amides is 2. The number of nitrogens with one attached hydrogen (secondary N) is 1. The Morgan fingerprint density at radius 1 is 1.12 bits per heavy atom. The van der Waals surface area contributed by atoms with Crippen LogP contribution >= 0.6 is 0 Å². The standard InChI is InChI=1S/C21H24N2O2/c1-16-7-5-10-18(15-16)21(25)22-13-12-20(24)23-14-6-11-19(23)17-8-3-2-4-9-17/h2-5,7-10,15,19H,6,11-14H2,1H3,(H,22,25)/t19-/m0/s1. The van der Waals surface area contributed by atoms with Crippen molar-refractivity contribution in [3.05, 3.63) is 71.3 Å². The second kappa shape index (κ2) is 7.97. The van der Waals surface area contributed by atoms with E-state index in [1.54, 1.807) is 6.07 Å². The molecular weight excluding hydrogens is 312 g/mol. The molecule has 4 heteroatoms. The van der Waals surface area contributed by atoms with Crippen LogP contribution in [0.2, 0.25) is 0 Å². The third-order valence-electron chi connectivity index (χ3n) is 4.66. The molecule has 2 aromatic rings. The van der Waals surface area contributed by atoms with E-state index in [1.165, 1.54) is 5.56 Å². The summed E-state index contributed by atoms with van der Waals surface area (Å²) < 4.78 is 0. The van der Waals surface area contributed by atoms with Gasteiger partial charge in [0.15, 0.2) is 0 Å². The first-order valence-corrected chi connectivity index (χ1v) is 8.84. The molecule has 1 aliphatic heterocycles. The van der Waals surface area contributed by atoms with E-state index in [0.717, 1.165) is 24.9 Å². The van der Waals surface area contributed by atoms with Crippen LogP contribution in [0.4, 0.5) is 0 Å². The van der Waals surface area contributed by atoms with Crippen LogP contribution in [-0.4, -0.2) is 29.8 Å². The van der Waals surface area contributed by atoms with E-state index >= 15 is 0 Å². The molecule has 1 saturated heterocycles. The summed E-state index contributed by atoms with van der Waals surface area (Å²) in [6, 6.07) is 17.8. The smallest absolute Gasteiger partial charge is 0.251 e. The Bertz CT molecular complexity index is 743. The molecule has 1 N–H and O–H groups in total. The Kier molecular flexibility index (Phi) is 5.49. The van der Waals surface area contributed by atoms with Gasteiger partial charge in [-0.1, -0.05) is 48.0 Å². The van der Waals surface area contributed by atoms with Crippen LogP contribution in [-0.2, 0) is 4.79 Å². The Morgan fingerprint density at radius 2 is 1.92 bits per heavy atom. The van der Waals surface area contributed by atoms with Crippen molar-refractivity contribution in [3.63, 3.8) is 0 Å². The predicted molar refractivity (Wildman–Crippen MR) is 98.3 cm³/mol. The first-order valence-electron chi connectivity index (χ1n) is 8.84. The van der Waals surface area contributed by atoms with Crippen molar-refractivity contribution in [2.24, 2.45) is 0 Å². The highest BCUT2D eigenvalue weighted by Crippen LogP contribution is 2.32. The van der Waals surface area contributed by atoms with Crippen LogP contribution < -0.4 is 5.32 Å². The van der Waals surface area contributed by atoms with Gasteiger partial charge >= 0.3 is 0 Å². The average molecular weight is 336 g/mol. The SMILES string of the molecule is Cc1cccc(C(=O)NCCC(=O)N2CCC[C@H]2c2ccccc2)c1. The van der Waals surface area contributed by atoms with Gasteiger partial charge in [0, 0.05) is 25.1 Å². The highest BCUT2D eigenvalue weighted by Gasteiger charge is 2.29. The van der Waals surface area contributed by atoms with Crippen LogP contribution in [0.1, 0.15) is 46.8 Å². The minimum atomic E-state index is -0.127. The van der Waals surface area contributed by atoms with Gasteiger partial charge in [-0.15, -0.1) is 0 Å². The fourth-order valence-electron chi connectivity index (χ4n) is 3.40. The van der Waals surface area contributed by atoms with E-state index in [9.17, 15) is 9.59 Å². The number of aryl methyl sites for hydroxylation is 1. The van der Waals surface area contributed by atoms with Crippen LogP contribution in [0.5, 0.6) is 0 Å². The number of hydrogen-bond donors (Lipinski definition) is 1. The summed E-state index contributed by atoms with van der Waals surface area (Å²) in [5, 5.41) is 2.85. The molecule has 1 atom stereocenters. The Balaban J connectivity index is 1.53. The van der Waals surface area contributed by atoms with E-state index in [-0.39, 0.29) is 17.9 Å². The van der Waals surface area contributed by atoms with Gasteiger partial charge in [0.1, 0.15) is 0 Å². The number of rotatable bonds is 5. The molecule has 4 nitrogen and oxygen atoms in total. The van der Waals surface area contributed by atoms with Gasteiger partial charge in [-0.2, -0.15) is 0 Å². The third kappa shape index (κ3) is 4.27. The van der Waals surface area contributed by atoms with Crippen molar-refractivity contribution in [2.75, 3.05) is 13.1 Å². The quantitative estimate of drug-likeness (QED) is 0.909. The maximum atomic E-state index is 12.6. The summed E-state index contributed by atoms with van der Waals surface area (Å²) in [5.74, 6) is -0.0200. The second-order valence-corrected chi connectivity index (χ2v) is 6.53. The number of hydrogen-bond acceptors (Lipinski definition) is 2. The number of carbonyl (C=O) groups is 2. The maximum absolute atomic E-state index is 12.6. The molecule has 3 rings (SSSR count). The lowest BCUT2D eigenvalue weighted by molar-refractivity contribution is -0.132. The topological polar surface area (TPSA) is 49.4 Å². The van der Waals surface area contributed by atoms with Gasteiger partial charge in [0.25, 0.3) is 5.91 Å². The normalized spacial score (nSPS) is 16.7. The predicted octanol–water partition coefficient (Wildman–Crippen LogP) is 3.48. The molecule has 2 aromatic carbocycles. The van der Waals surface area contributed by atoms with E-state index in [4.69, 9.17) is 0 Å². The van der Waals surface area contributed by atoms with E-state index < -0.39 is 0 Å². The van der Waals surface area contributed by atoms with Crippen molar-refractivity contribution in [1.29, 1.82) is 0 Å².